The number of para-hydroxylation sites is 1. The fourth-order valence-electron chi connectivity index (χ4n) is 2.89. The highest BCUT2D eigenvalue weighted by molar-refractivity contribution is 6.06. The topological polar surface area (TPSA) is 69.4 Å². The second kappa shape index (κ2) is 7.63. The van der Waals surface area contributed by atoms with Gasteiger partial charge in [0.2, 0.25) is 5.78 Å². The van der Waals surface area contributed by atoms with Gasteiger partial charge in [0, 0.05) is 5.39 Å². The van der Waals surface area contributed by atoms with Gasteiger partial charge >= 0.3 is 5.97 Å². The van der Waals surface area contributed by atoms with Crippen LogP contribution in [0.4, 0.5) is 8.78 Å². The van der Waals surface area contributed by atoms with Gasteiger partial charge in [-0.15, -0.1) is 0 Å². The van der Waals surface area contributed by atoms with Crippen LogP contribution < -0.4 is 0 Å². The minimum absolute atomic E-state index is 0.175. The Bertz CT molecular complexity index is 1220. The second-order valence-corrected chi connectivity index (χ2v) is 6.17. The van der Waals surface area contributed by atoms with E-state index in [9.17, 15) is 18.4 Å². The maximum absolute atomic E-state index is 13.7. The van der Waals surface area contributed by atoms with Gasteiger partial charge in [0.05, 0.1) is 22.9 Å². The molecule has 0 fully saturated rings. The number of Topliss-reactive ketones (excluding diaryl/α,β-unsaturated/α-hetero) is 1. The molecule has 0 N–H and O–H groups in total. The van der Waals surface area contributed by atoms with Gasteiger partial charge in [-0.25, -0.2) is 18.6 Å². The predicted octanol–water partition coefficient (Wildman–Crippen LogP) is 4.81. The summed E-state index contributed by atoms with van der Waals surface area (Å²) in [6.45, 7) is -0.730. The number of rotatable bonds is 5. The van der Waals surface area contributed by atoms with Crippen molar-refractivity contribution in [3.05, 3.63) is 89.7 Å². The largest absolute Gasteiger partial charge is 0.463 e. The Labute approximate surface area is 163 Å². The maximum atomic E-state index is 13.7. The van der Waals surface area contributed by atoms with Crippen LogP contribution in [0.3, 0.4) is 0 Å². The molecule has 2 heterocycles. The minimum Gasteiger partial charge on any atom is -0.463 e. The van der Waals surface area contributed by atoms with E-state index < -0.39 is 35.6 Å². The van der Waals surface area contributed by atoms with Crippen molar-refractivity contribution in [3.8, 4) is 11.5 Å². The summed E-state index contributed by atoms with van der Waals surface area (Å²) >= 11 is 0. The molecule has 144 valence electrons. The van der Waals surface area contributed by atoms with E-state index in [1.807, 2.05) is 0 Å². The fourth-order valence-corrected chi connectivity index (χ4v) is 2.89. The molecule has 0 saturated heterocycles. The summed E-state index contributed by atoms with van der Waals surface area (Å²) in [6, 6.07) is 14.3. The van der Waals surface area contributed by atoms with Crippen LogP contribution in [0.15, 0.2) is 71.3 Å². The minimum atomic E-state index is -0.887. The van der Waals surface area contributed by atoms with Crippen molar-refractivity contribution >= 4 is 22.7 Å². The number of halogens is 2. The number of furan rings is 1. The predicted molar refractivity (Wildman–Crippen MR) is 100 cm³/mol. The number of nitrogens with zero attached hydrogens (tertiary/aromatic N) is 1. The van der Waals surface area contributed by atoms with Crippen LogP contribution in [0.2, 0.25) is 0 Å². The summed E-state index contributed by atoms with van der Waals surface area (Å²) < 4.78 is 37.4. The third-order valence-electron chi connectivity index (χ3n) is 4.27. The van der Waals surface area contributed by atoms with Gasteiger partial charge in [-0.3, -0.25) is 4.79 Å². The van der Waals surface area contributed by atoms with E-state index in [1.54, 1.807) is 36.4 Å². The third-order valence-corrected chi connectivity index (χ3v) is 4.27. The molecule has 29 heavy (non-hydrogen) atoms. The number of ether oxygens (including phenoxy) is 1. The van der Waals surface area contributed by atoms with Crippen molar-refractivity contribution in [2.24, 2.45) is 0 Å². The molecule has 0 amide bonds. The number of esters is 1. The molecular weight excluding hydrogens is 380 g/mol. The summed E-state index contributed by atoms with van der Waals surface area (Å²) in [4.78, 5) is 29.3. The zero-order valence-electron chi connectivity index (χ0n) is 14.9. The monoisotopic (exact) mass is 393 g/mol. The van der Waals surface area contributed by atoms with Crippen LogP contribution in [-0.2, 0) is 4.74 Å². The van der Waals surface area contributed by atoms with E-state index in [0.717, 1.165) is 18.2 Å². The van der Waals surface area contributed by atoms with Crippen molar-refractivity contribution in [3.63, 3.8) is 0 Å². The highest BCUT2D eigenvalue weighted by atomic mass is 19.1. The normalized spacial score (nSPS) is 10.8. The number of carbonyl (C=O) groups is 2. The standard InChI is InChI=1S/C22H13F2NO4/c23-13-7-8-17(24)16(10-13)20(26)12-29-22(27)15-11-19(21-6-3-9-28-21)25-18-5-2-1-4-14(15)18/h1-11H,12H2. The molecule has 0 spiro atoms. The third kappa shape index (κ3) is 3.75. The number of benzene rings is 2. The molecule has 0 atom stereocenters. The van der Waals surface area contributed by atoms with E-state index in [1.165, 1.54) is 12.3 Å². The first-order valence-electron chi connectivity index (χ1n) is 8.62. The first-order chi connectivity index (χ1) is 14.0. The molecule has 2 aromatic carbocycles. The van der Waals surface area contributed by atoms with Crippen LogP contribution in [0, 0.1) is 11.6 Å². The van der Waals surface area contributed by atoms with Gasteiger partial charge in [-0.05, 0) is 42.5 Å². The lowest BCUT2D eigenvalue weighted by Crippen LogP contribution is -2.16. The molecule has 0 aliphatic heterocycles. The average molecular weight is 393 g/mol. The van der Waals surface area contributed by atoms with Crippen LogP contribution >= 0.6 is 0 Å². The van der Waals surface area contributed by atoms with Crippen LogP contribution in [-0.4, -0.2) is 23.3 Å². The van der Waals surface area contributed by atoms with Gasteiger partial charge in [-0.2, -0.15) is 0 Å². The number of pyridine rings is 1. The number of hydrogen-bond acceptors (Lipinski definition) is 5. The quantitative estimate of drug-likeness (QED) is 0.359. The van der Waals surface area contributed by atoms with Gasteiger partial charge < -0.3 is 9.15 Å². The molecule has 0 saturated carbocycles. The highest BCUT2D eigenvalue weighted by Gasteiger charge is 2.19. The Hall–Kier alpha value is -3.87. The summed E-state index contributed by atoms with van der Waals surface area (Å²) in [6.07, 6.45) is 1.48. The van der Waals surface area contributed by atoms with Gasteiger partial charge in [-0.1, -0.05) is 18.2 Å². The van der Waals surface area contributed by atoms with E-state index in [0.29, 0.717) is 22.4 Å². The lowest BCUT2D eigenvalue weighted by molar-refractivity contribution is 0.0475. The molecule has 4 aromatic rings. The molecule has 0 aliphatic rings. The number of carbonyl (C=O) groups excluding carboxylic acids is 2. The summed E-state index contributed by atoms with van der Waals surface area (Å²) in [7, 11) is 0. The zero-order chi connectivity index (χ0) is 20.4. The van der Waals surface area contributed by atoms with Crippen molar-refractivity contribution < 1.29 is 27.5 Å². The molecule has 0 radical (unpaired) electrons. The Morgan fingerprint density at radius 1 is 0.966 bits per heavy atom. The van der Waals surface area contributed by atoms with E-state index in [2.05, 4.69) is 4.98 Å². The molecule has 0 bridgehead atoms. The lowest BCUT2D eigenvalue weighted by atomic mass is 10.1. The van der Waals surface area contributed by atoms with Gasteiger partial charge in [0.15, 0.2) is 12.4 Å². The van der Waals surface area contributed by atoms with E-state index >= 15 is 0 Å². The van der Waals surface area contributed by atoms with Crippen molar-refractivity contribution in [1.82, 2.24) is 4.98 Å². The van der Waals surface area contributed by atoms with Crippen LogP contribution in [0.1, 0.15) is 20.7 Å². The smallest absolute Gasteiger partial charge is 0.339 e. The Morgan fingerprint density at radius 3 is 2.59 bits per heavy atom. The first-order valence-corrected chi connectivity index (χ1v) is 8.62. The number of aromatic nitrogens is 1. The molecule has 5 nitrogen and oxygen atoms in total. The van der Waals surface area contributed by atoms with Crippen molar-refractivity contribution in [1.29, 1.82) is 0 Å². The Kier molecular flexibility index (Phi) is 4.87. The molecule has 2 aromatic heterocycles. The van der Waals surface area contributed by atoms with Crippen LogP contribution in [0.5, 0.6) is 0 Å². The molecule has 0 aliphatic carbocycles. The zero-order valence-corrected chi connectivity index (χ0v) is 14.9. The first kappa shape index (κ1) is 18.5. The van der Waals surface area contributed by atoms with Crippen LogP contribution in [0.25, 0.3) is 22.4 Å². The van der Waals surface area contributed by atoms with Gasteiger partial charge in [0.1, 0.15) is 17.3 Å². The van der Waals surface area contributed by atoms with Crippen molar-refractivity contribution in [2.45, 2.75) is 0 Å². The Morgan fingerprint density at radius 2 is 1.79 bits per heavy atom. The van der Waals surface area contributed by atoms with Gasteiger partial charge in [0.25, 0.3) is 0 Å². The van der Waals surface area contributed by atoms with Crippen molar-refractivity contribution in [2.75, 3.05) is 6.61 Å². The summed E-state index contributed by atoms with van der Waals surface area (Å²) in [5, 5.41) is 0.525. The van der Waals surface area contributed by atoms with E-state index in [-0.39, 0.29) is 5.56 Å². The molecule has 0 unspecified atom stereocenters. The van der Waals surface area contributed by atoms with E-state index in [4.69, 9.17) is 9.15 Å². The fraction of sp³-hybridized carbons (Fsp3) is 0.0455. The molecule has 7 heteroatoms. The SMILES string of the molecule is O=C(COC(=O)c1cc(-c2ccco2)nc2ccccc12)c1cc(F)ccc1F. The number of hydrogen-bond donors (Lipinski definition) is 0. The Balaban J connectivity index is 1.63. The maximum Gasteiger partial charge on any atom is 0.339 e. The lowest BCUT2D eigenvalue weighted by Gasteiger charge is -2.09. The highest BCUT2D eigenvalue weighted by Crippen LogP contribution is 2.25. The summed E-state index contributed by atoms with van der Waals surface area (Å²) in [5.74, 6) is -2.82. The second-order valence-electron chi connectivity index (χ2n) is 6.17. The number of fused-ring (bicyclic) bond motifs is 1. The summed E-state index contributed by atoms with van der Waals surface area (Å²) in [5.41, 5.74) is 0.655. The number of ketones is 1. The molecule has 4 rings (SSSR count). The average Bonchev–Trinajstić information content (AvgIpc) is 3.27. The molecular formula is C22H13F2NO4.